The van der Waals surface area contributed by atoms with Gasteiger partial charge in [0, 0.05) is 5.38 Å². The minimum atomic E-state index is -0.737. The Hall–Kier alpha value is -2.94. The summed E-state index contributed by atoms with van der Waals surface area (Å²) in [4.78, 5) is 42.5. The van der Waals surface area contributed by atoms with E-state index in [-0.39, 0.29) is 27.8 Å². The lowest BCUT2D eigenvalue weighted by Crippen LogP contribution is -2.35. The lowest BCUT2D eigenvalue weighted by Gasteiger charge is -2.12. The van der Waals surface area contributed by atoms with Crippen LogP contribution >= 0.6 is 34.5 Å². The second-order valence-electron chi connectivity index (χ2n) is 6.51. The molecule has 158 valence electrons. The SMILES string of the molecule is COc1ccccc1-c1nc(COC(=O)CN2C(=O)c3cc(Cl)c(Cl)cc3C2=O)cs1. The second-order valence-corrected chi connectivity index (χ2v) is 8.19. The van der Waals surface area contributed by atoms with Gasteiger partial charge in [-0.1, -0.05) is 35.3 Å². The third kappa shape index (κ3) is 4.14. The summed E-state index contributed by atoms with van der Waals surface area (Å²) in [6, 6.07) is 10.1. The Labute approximate surface area is 191 Å². The van der Waals surface area contributed by atoms with Crippen LogP contribution < -0.4 is 4.74 Å². The second kappa shape index (κ2) is 8.66. The molecule has 0 N–H and O–H groups in total. The quantitative estimate of drug-likeness (QED) is 0.385. The van der Waals surface area contributed by atoms with E-state index in [0.29, 0.717) is 11.4 Å². The van der Waals surface area contributed by atoms with E-state index in [2.05, 4.69) is 4.98 Å². The number of rotatable bonds is 6. The number of benzene rings is 2. The van der Waals surface area contributed by atoms with E-state index in [1.165, 1.54) is 23.5 Å². The molecule has 0 atom stereocenters. The number of hydrogen-bond donors (Lipinski definition) is 0. The van der Waals surface area contributed by atoms with Crippen LogP contribution in [-0.2, 0) is 16.1 Å². The number of carbonyl (C=O) groups excluding carboxylic acids is 3. The fraction of sp³-hybridized carbons (Fsp3) is 0.143. The minimum Gasteiger partial charge on any atom is -0.496 e. The van der Waals surface area contributed by atoms with Crippen LogP contribution in [0.3, 0.4) is 0 Å². The maximum Gasteiger partial charge on any atom is 0.326 e. The molecule has 2 aromatic carbocycles. The Kier molecular flexibility index (Phi) is 5.95. The number of para-hydroxylation sites is 1. The molecule has 0 bridgehead atoms. The van der Waals surface area contributed by atoms with Crippen molar-refractivity contribution in [3.05, 3.63) is 68.6 Å². The number of carbonyl (C=O) groups is 3. The van der Waals surface area contributed by atoms with Crippen molar-refractivity contribution in [3.63, 3.8) is 0 Å². The van der Waals surface area contributed by atoms with Gasteiger partial charge in [-0.3, -0.25) is 19.3 Å². The van der Waals surface area contributed by atoms with Gasteiger partial charge in [0.1, 0.15) is 23.9 Å². The first kappa shape index (κ1) is 21.3. The topological polar surface area (TPSA) is 85.8 Å². The zero-order chi connectivity index (χ0) is 22.1. The van der Waals surface area contributed by atoms with Crippen molar-refractivity contribution in [1.82, 2.24) is 9.88 Å². The molecule has 0 aliphatic carbocycles. The molecule has 1 aliphatic heterocycles. The zero-order valence-corrected chi connectivity index (χ0v) is 18.4. The number of halogens is 2. The van der Waals surface area contributed by atoms with Gasteiger partial charge < -0.3 is 9.47 Å². The number of ether oxygens (including phenoxy) is 2. The number of aromatic nitrogens is 1. The number of esters is 1. The first-order valence-electron chi connectivity index (χ1n) is 8.97. The van der Waals surface area contributed by atoms with Gasteiger partial charge in [0.15, 0.2) is 0 Å². The largest absolute Gasteiger partial charge is 0.496 e. The highest BCUT2D eigenvalue weighted by molar-refractivity contribution is 7.13. The lowest BCUT2D eigenvalue weighted by molar-refractivity contribution is -0.145. The van der Waals surface area contributed by atoms with Gasteiger partial charge in [-0.15, -0.1) is 11.3 Å². The molecule has 0 saturated heterocycles. The van der Waals surface area contributed by atoms with Gasteiger partial charge >= 0.3 is 5.97 Å². The van der Waals surface area contributed by atoms with Gasteiger partial charge in [0.05, 0.1) is 39.5 Å². The fourth-order valence-corrected chi connectivity index (χ4v) is 4.24. The number of hydrogen-bond acceptors (Lipinski definition) is 7. The fourth-order valence-electron chi connectivity index (χ4n) is 3.07. The van der Waals surface area contributed by atoms with Crippen LogP contribution in [0.2, 0.25) is 10.0 Å². The van der Waals surface area contributed by atoms with E-state index in [4.69, 9.17) is 32.7 Å². The third-order valence-corrected chi connectivity index (χ3v) is 6.22. The number of methoxy groups -OCH3 is 1. The minimum absolute atomic E-state index is 0.0920. The van der Waals surface area contributed by atoms with Gasteiger partial charge in [0.2, 0.25) is 0 Å². The van der Waals surface area contributed by atoms with E-state index >= 15 is 0 Å². The number of amides is 2. The van der Waals surface area contributed by atoms with Crippen molar-refractivity contribution in [2.45, 2.75) is 6.61 Å². The van der Waals surface area contributed by atoms with Crippen molar-refractivity contribution in [1.29, 1.82) is 0 Å². The van der Waals surface area contributed by atoms with Crippen LogP contribution in [0.25, 0.3) is 10.6 Å². The standard InChI is InChI=1S/C21H14Cl2N2O5S/c1-29-17-5-3-2-4-12(17)19-24-11(10-31-19)9-30-18(26)8-25-20(27)13-6-15(22)16(23)7-14(13)21(25)28/h2-7,10H,8-9H2,1H3. The Bertz CT molecular complexity index is 1170. The van der Waals surface area contributed by atoms with Gasteiger partial charge in [-0.05, 0) is 24.3 Å². The smallest absolute Gasteiger partial charge is 0.326 e. The van der Waals surface area contributed by atoms with Gasteiger partial charge in [0.25, 0.3) is 11.8 Å². The summed E-state index contributed by atoms with van der Waals surface area (Å²) in [7, 11) is 1.58. The van der Waals surface area contributed by atoms with E-state index in [1.54, 1.807) is 12.5 Å². The maximum atomic E-state index is 12.5. The summed E-state index contributed by atoms with van der Waals surface area (Å²) < 4.78 is 10.6. The molecule has 1 aliphatic rings. The molecular formula is C21H14Cl2N2O5S. The van der Waals surface area contributed by atoms with Crippen molar-refractivity contribution < 1.29 is 23.9 Å². The predicted molar refractivity (Wildman–Crippen MR) is 116 cm³/mol. The van der Waals surface area contributed by atoms with E-state index in [0.717, 1.165) is 15.5 Å². The highest BCUT2D eigenvalue weighted by atomic mass is 35.5. The molecule has 0 spiro atoms. The Morgan fingerprint density at radius 2 is 1.71 bits per heavy atom. The highest BCUT2D eigenvalue weighted by Gasteiger charge is 2.37. The van der Waals surface area contributed by atoms with Crippen molar-refractivity contribution in [2.75, 3.05) is 13.7 Å². The molecular weight excluding hydrogens is 463 g/mol. The van der Waals surface area contributed by atoms with Crippen LogP contribution in [0.15, 0.2) is 41.8 Å². The molecule has 0 radical (unpaired) electrons. The van der Waals surface area contributed by atoms with Gasteiger partial charge in [-0.2, -0.15) is 0 Å². The monoisotopic (exact) mass is 476 g/mol. The molecule has 4 rings (SSSR count). The maximum absolute atomic E-state index is 12.5. The molecule has 31 heavy (non-hydrogen) atoms. The van der Waals surface area contributed by atoms with Crippen LogP contribution in [0.1, 0.15) is 26.4 Å². The van der Waals surface area contributed by atoms with Crippen LogP contribution in [0.4, 0.5) is 0 Å². The molecule has 0 unspecified atom stereocenters. The third-order valence-electron chi connectivity index (χ3n) is 4.57. The Morgan fingerprint density at radius 1 is 1.06 bits per heavy atom. The van der Waals surface area contributed by atoms with E-state index in [9.17, 15) is 14.4 Å². The Morgan fingerprint density at radius 3 is 2.35 bits per heavy atom. The van der Waals surface area contributed by atoms with Crippen LogP contribution in [-0.4, -0.2) is 41.3 Å². The Balaban J connectivity index is 1.40. The lowest BCUT2D eigenvalue weighted by atomic mass is 10.1. The molecule has 2 heterocycles. The number of imide groups is 1. The summed E-state index contributed by atoms with van der Waals surface area (Å²) in [5.74, 6) is -1.30. The average molecular weight is 477 g/mol. The van der Waals surface area contributed by atoms with Gasteiger partial charge in [-0.25, -0.2) is 4.98 Å². The normalized spacial score (nSPS) is 12.8. The summed E-state index contributed by atoms with van der Waals surface area (Å²) >= 11 is 13.2. The van der Waals surface area contributed by atoms with Crippen molar-refractivity contribution >= 4 is 52.3 Å². The summed E-state index contributed by atoms with van der Waals surface area (Å²) in [6.07, 6.45) is 0. The molecule has 10 heteroatoms. The molecule has 7 nitrogen and oxygen atoms in total. The highest BCUT2D eigenvalue weighted by Crippen LogP contribution is 2.33. The first-order chi connectivity index (χ1) is 14.9. The zero-order valence-electron chi connectivity index (χ0n) is 16.1. The first-order valence-corrected chi connectivity index (χ1v) is 10.6. The van der Waals surface area contributed by atoms with E-state index in [1.807, 2.05) is 24.3 Å². The van der Waals surface area contributed by atoms with Crippen molar-refractivity contribution in [2.24, 2.45) is 0 Å². The number of nitrogens with zero attached hydrogens (tertiary/aromatic N) is 2. The van der Waals surface area contributed by atoms with Crippen molar-refractivity contribution in [3.8, 4) is 16.3 Å². The molecule has 2 amide bonds. The molecule has 0 saturated carbocycles. The summed E-state index contributed by atoms with van der Waals surface area (Å²) in [5.41, 5.74) is 1.58. The molecule has 0 fully saturated rings. The number of fused-ring (bicyclic) bond motifs is 1. The summed E-state index contributed by atoms with van der Waals surface area (Å²) in [6.45, 7) is -0.615. The van der Waals surface area contributed by atoms with Crippen LogP contribution in [0, 0.1) is 0 Å². The summed E-state index contributed by atoms with van der Waals surface area (Å²) in [5, 5.41) is 2.79. The number of thiazole rings is 1. The average Bonchev–Trinajstić information content (AvgIpc) is 3.32. The predicted octanol–water partition coefficient (Wildman–Crippen LogP) is 4.46. The molecule has 1 aromatic heterocycles. The van der Waals surface area contributed by atoms with E-state index < -0.39 is 24.3 Å². The molecule has 3 aromatic rings. The van der Waals surface area contributed by atoms with Crippen LogP contribution in [0.5, 0.6) is 5.75 Å².